The van der Waals surface area contributed by atoms with Crippen LogP contribution in [0.1, 0.15) is 54.9 Å². The van der Waals surface area contributed by atoms with Crippen molar-refractivity contribution in [3.8, 4) is 0 Å². The van der Waals surface area contributed by atoms with Crippen LogP contribution in [0.25, 0.3) is 0 Å². The van der Waals surface area contributed by atoms with E-state index >= 15 is 0 Å². The number of alkyl carbamates (subject to hydrolysis) is 2. The van der Waals surface area contributed by atoms with Crippen LogP contribution in [0.5, 0.6) is 0 Å². The highest BCUT2D eigenvalue weighted by molar-refractivity contribution is 5.81. The molecule has 0 unspecified atom stereocenters. The second-order valence-corrected chi connectivity index (χ2v) is 8.03. The zero-order valence-corrected chi connectivity index (χ0v) is 19.3. The predicted molar refractivity (Wildman–Crippen MR) is 108 cm³/mol. The molecule has 0 radical (unpaired) electrons. The van der Waals surface area contributed by atoms with E-state index in [0.29, 0.717) is 6.42 Å². The number of aliphatic hydroxyl groups is 1. The molecule has 0 saturated heterocycles. The molecule has 0 aliphatic rings. The summed E-state index contributed by atoms with van der Waals surface area (Å²) in [7, 11) is 2.45. The van der Waals surface area contributed by atoms with E-state index < -0.39 is 54.0 Å². The van der Waals surface area contributed by atoms with E-state index in [2.05, 4.69) is 20.1 Å². The molecule has 0 aliphatic heterocycles. The van der Waals surface area contributed by atoms with E-state index in [9.17, 15) is 19.2 Å². The standard InChI is InChI=1S/C10H19NO4.C9H17NO5/c1-6-7(8(12)14-5)11-9(13)15-10(2,3)4;1-9(2,3)15-8(13)10-6(5-11)7(12)14-4/h7H,6H2,1-5H3,(H,11,13);6,11H,5H2,1-4H3,(H,10,13)/t7-;6-/m00/s1. The average Bonchev–Trinajstić information content (AvgIpc) is 2.60. The summed E-state index contributed by atoms with van der Waals surface area (Å²) in [5.41, 5.74) is -1.22. The molecule has 0 fully saturated rings. The lowest BCUT2D eigenvalue weighted by atomic mass is 10.2. The number of esters is 2. The van der Waals surface area contributed by atoms with Crippen LogP contribution in [-0.2, 0) is 28.5 Å². The number of methoxy groups -OCH3 is 2. The number of carbonyl (C=O) groups is 4. The fraction of sp³-hybridized carbons (Fsp3) is 0.789. The molecule has 0 aromatic heterocycles. The van der Waals surface area contributed by atoms with Crippen molar-refractivity contribution in [3.05, 3.63) is 0 Å². The molecule has 2 amide bonds. The van der Waals surface area contributed by atoms with Crippen LogP contribution in [0.4, 0.5) is 9.59 Å². The van der Waals surface area contributed by atoms with Crippen molar-refractivity contribution >= 4 is 24.1 Å². The lowest BCUT2D eigenvalue weighted by Crippen LogP contribution is -2.46. The van der Waals surface area contributed by atoms with E-state index in [1.165, 1.54) is 14.2 Å². The molecule has 0 spiro atoms. The maximum absolute atomic E-state index is 11.3. The molecule has 176 valence electrons. The fourth-order valence-electron chi connectivity index (χ4n) is 1.69. The molecule has 0 heterocycles. The molecule has 11 heteroatoms. The van der Waals surface area contributed by atoms with Crippen LogP contribution < -0.4 is 10.6 Å². The van der Waals surface area contributed by atoms with Crippen molar-refractivity contribution < 1.29 is 43.2 Å². The summed E-state index contributed by atoms with van der Waals surface area (Å²) < 4.78 is 18.8. The lowest BCUT2D eigenvalue weighted by Gasteiger charge is -2.21. The van der Waals surface area contributed by atoms with Crippen LogP contribution in [-0.4, -0.2) is 73.3 Å². The topological polar surface area (TPSA) is 149 Å². The number of ether oxygens (including phenoxy) is 4. The molecule has 11 nitrogen and oxygen atoms in total. The molecular weight excluding hydrogens is 400 g/mol. The summed E-state index contributed by atoms with van der Waals surface area (Å²) in [6.07, 6.45) is -0.918. The van der Waals surface area contributed by atoms with Gasteiger partial charge in [-0.25, -0.2) is 19.2 Å². The summed E-state index contributed by atoms with van der Waals surface area (Å²) >= 11 is 0. The predicted octanol–water partition coefficient (Wildman–Crippen LogP) is 1.51. The van der Waals surface area contributed by atoms with Gasteiger partial charge in [0, 0.05) is 0 Å². The van der Waals surface area contributed by atoms with E-state index in [1.807, 2.05) is 0 Å². The summed E-state index contributed by atoms with van der Waals surface area (Å²) in [5.74, 6) is -1.19. The van der Waals surface area contributed by atoms with Crippen LogP contribution in [0.3, 0.4) is 0 Å². The maximum atomic E-state index is 11.3. The molecule has 2 atom stereocenters. The van der Waals surface area contributed by atoms with Gasteiger partial charge in [0.15, 0.2) is 6.04 Å². The second kappa shape index (κ2) is 13.6. The summed E-state index contributed by atoms with van der Waals surface area (Å²) in [6.45, 7) is 11.6. The molecule has 0 aliphatic carbocycles. The molecule has 3 N–H and O–H groups in total. The van der Waals surface area contributed by atoms with Crippen molar-refractivity contribution in [2.45, 2.75) is 78.2 Å². The Morgan fingerprint density at radius 3 is 1.37 bits per heavy atom. The van der Waals surface area contributed by atoms with Crippen LogP contribution in [0.2, 0.25) is 0 Å². The summed E-state index contributed by atoms with van der Waals surface area (Å²) in [5, 5.41) is 13.4. The fourth-order valence-corrected chi connectivity index (χ4v) is 1.69. The van der Waals surface area contributed by atoms with Gasteiger partial charge in [-0.3, -0.25) is 0 Å². The molecule has 0 rings (SSSR count). The quantitative estimate of drug-likeness (QED) is 0.416. The van der Waals surface area contributed by atoms with Gasteiger partial charge in [-0.2, -0.15) is 0 Å². The van der Waals surface area contributed by atoms with E-state index in [4.69, 9.17) is 14.6 Å². The highest BCUT2D eigenvalue weighted by Gasteiger charge is 2.24. The highest BCUT2D eigenvalue weighted by Crippen LogP contribution is 2.08. The van der Waals surface area contributed by atoms with E-state index in [-0.39, 0.29) is 0 Å². The third-order valence-electron chi connectivity index (χ3n) is 2.94. The van der Waals surface area contributed by atoms with Gasteiger partial charge in [-0.1, -0.05) is 6.92 Å². The minimum atomic E-state index is -1.09. The number of carbonyl (C=O) groups excluding carboxylic acids is 4. The first-order chi connectivity index (χ1) is 13.6. The summed E-state index contributed by atoms with van der Waals surface area (Å²) in [6, 6.07) is -1.74. The Kier molecular flexibility index (Phi) is 13.5. The van der Waals surface area contributed by atoms with E-state index in [0.717, 1.165) is 0 Å². The van der Waals surface area contributed by atoms with Crippen molar-refractivity contribution in [2.24, 2.45) is 0 Å². The number of amides is 2. The van der Waals surface area contributed by atoms with Crippen LogP contribution in [0, 0.1) is 0 Å². The van der Waals surface area contributed by atoms with Crippen molar-refractivity contribution in [1.29, 1.82) is 0 Å². The van der Waals surface area contributed by atoms with Crippen molar-refractivity contribution in [3.63, 3.8) is 0 Å². The zero-order chi connectivity index (χ0) is 24.1. The number of aliphatic hydroxyl groups excluding tert-OH is 1. The lowest BCUT2D eigenvalue weighted by molar-refractivity contribution is -0.144. The zero-order valence-electron chi connectivity index (χ0n) is 19.3. The van der Waals surface area contributed by atoms with Gasteiger partial charge in [-0.05, 0) is 48.0 Å². The number of nitrogens with one attached hydrogen (secondary N) is 2. The first kappa shape index (κ1) is 29.6. The van der Waals surface area contributed by atoms with Gasteiger partial charge in [0.05, 0.1) is 20.8 Å². The van der Waals surface area contributed by atoms with Crippen molar-refractivity contribution in [2.75, 3.05) is 20.8 Å². The first-order valence-corrected chi connectivity index (χ1v) is 9.35. The van der Waals surface area contributed by atoms with Gasteiger partial charge in [-0.15, -0.1) is 0 Å². The van der Waals surface area contributed by atoms with Gasteiger partial charge < -0.3 is 34.7 Å². The first-order valence-electron chi connectivity index (χ1n) is 9.35. The SMILES string of the molecule is CC[C@H](NC(=O)OC(C)(C)C)C(=O)OC.COC(=O)[C@H](CO)NC(=O)OC(C)(C)C. The van der Waals surface area contributed by atoms with E-state index in [1.54, 1.807) is 48.5 Å². The van der Waals surface area contributed by atoms with Gasteiger partial charge >= 0.3 is 24.1 Å². The van der Waals surface area contributed by atoms with Crippen molar-refractivity contribution in [1.82, 2.24) is 10.6 Å². The molecule has 0 saturated carbocycles. The van der Waals surface area contributed by atoms with Gasteiger partial charge in [0.2, 0.25) is 0 Å². The average molecular weight is 437 g/mol. The minimum absolute atomic E-state index is 0.464. The monoisotopic (exact) mass is 436 g/mol. The minimum Gasteiger partial charge on any atom is -0.467 e. The molecular formula is C19H36N2O9. The molecule has 30 heavy (non-hydrogen) atoms. The Morgan fingerprint density at radius 2 is 1.10 bits per heavy atom. The Morgan fingerprint density at radius 1 is 0.767 bits per heavy atom. The number of hydrogen-bond acceptors (Lipinski definition) is 9. The summed E-state index contributed by atoms with van der Waals surface area (Å²) in [4.78, 5) is 44.6. The number of hydrogen-bond donors (Lipinski definition) is 3. The smallest absolute Gasteiger partial charge is 0.408 e. The number of rotatable bonds is 6. The Balaban J connectivity index is 0. The molecule has 0 aromatic rings. The molecule has 0 aromatic carbocycles. The Hall–Kier alpha value is -2.56. The molecule has 0 bridgehead atoms. The van der Waals surface area contributed by atoms with Gasteiger partial charge in [0.1, 0.15) is 17.2 Å². The van der Waals surface area contributed by atoms with Gasteiger partial charge in [0.25, 0.3) is 0 Å². The normalized spacial score (nSPS) is 12.9. The second-order valence-electron chi connectivity index (χ2n) is 8.03. The largest absolute Gasteiger partial charge is 0.467 e. The highest BCUT2D eigenvalue weighted by atomic mass is 16.6. The maximum Gasteiger partial charge on any atom is 0.408 e. The van der Waals surface area contributed by atoms with Crippen LogP contribution in [0.15, 0.2) is 0 Å². The third kappa shape index (κ3) is 15.4. The Bertz CT molecular complexity index is 515. The Labute approximate surface area is 177 Å². The van der Waals surface area contributed by atoms with Crippen LogP contribution >= 0.6 is 0 Å². The third-order valence-corrected chi connectivity index (χ3v) is 2.94.